The van der Waals surface area contributed by atoms with Crippen molar-refractivity contribution in [3.63, 3.8) is 0 Å². The van der Waals surface area contributed by atoms with Crippen LogP contribution in [0, 0.1) is 0 Å². The Labute approximate surface area is 216 Å². The van der Waals surface area contributed by atoms with Gasteiger partial charge >= 0.3 is 0 Å². The molecule has 0 N–H and O–H groups in total. The van der Waals surface area contributed by atoms with Crippen molar-refractivity contribution in [1.29, 1.82) is 0 Å². The molecule has 0 spiro atoms. The van der Waals surface area contributed by atoms with Gasteiger partial charge in [0.1, 0.15) is 5.52 Å². The summed E-state index contributed by atoms with van der Waals surface area (Å²) in [5, 5.41) is 0. The summed E-state index contributed by atoms with van der Waals surface area (Å²) in [5.41, 5.74) is 5.12. The summed E-state index contributed by atoms with van der Waals surface area (Å²) in [5.74, 6) is 0. The van der Waals surface area contributed by atoms with Crippen molar-refractivity contribution in [2.24, 2.45) is 0 Å². The van der Waals surface area contributed by atoms with Gasteiger partial charge in [-0.25, -0.2) is 18.4 Å². The lowest BCUT2D eigenvalue weighted by molar-refractivity contribution is 0.122. The van der Waals surface area contributed by atoms with Crippen LogP contribution in [0.15, 0.2) is 113 Å². The van der Waals surface area contributed by atoms with E-state index in [-0.39, 0.29) is 9.79 Å². The minimum atomic E-state index is -3.80. The molecule has 0 unspecified atom stereocenters. The molecule has 0 aliphatic carbocycles. The van der Waals surface area contributed by atoms with Crippen molar-refractivity contribution >= 4 is 26.6 Å². The number of nitrogens with zero attached hydrogens (tertiary/aromatic N) is 3. The highest BCUT2D eigenvalue weighted by Gasteiger charge is 2.29. The van der Waals surface area contributed by atoms with Crippen LogP contribution < -0.4 is 4.90 Å². The molecular weight excluding hydrogens is 482 g/mol. The Kier molecular flexibility index (Phi) is 6.16. The van der Waals surface area contributed by atoms with Crippen molar-refractivity contribution in [3.05, 3.63) is 103 Å². The molecule has 6 rings (SSSR count). The highest BCUT2D eigenvalue weighted by molar-refractivity contribution is 7.91. The molecule has 0 bridgehead atoms. The number of benzene rings is 4. The van der Waals surface area contributed by atoms with Crippen LogP contribution in [0.25, 0.3) is 33.5 Å². The largest absolute Gasteiger partial charge is 0.378 e. The van der Waals surface area contributed by atoms with E-state index < -0.39 is 9.84 Å². The molecule has 1 aliphatic rings. The van der Waals surface area contributed by atoms with Crippen LogP contribution in [0.2, 0.25) is 0 Å². The number of hydrogen-bond donors (Lipinski definition) is 0. The Bertz CT molecular complexity index is 1650. The van der Waals surface area contributed by atoms with Crippen molar-refractivity contribution in [3.8, 4) is 22.5 Å². The smallest absolute Gasteiger partial charge is 0.208 e. The number of ether oxygens (including phenoxy) is 1. The number of aromatic nitrogens is 2. The second-order valence-electron chi connectivity index (χ2n) is 8.85. The van der Waals surface area contributed by atoms with Gasteiger partial charge in [0, 0.05) is 24.2 Å². The molecular formula is C30H25N3O3S. The van der Waals surface area contributed by atoms with Crippen LogP contribution in [0.3, 0.4) is 0 Å². The Balaban J connectivity index is 1.67. The lowest BCUT2D eigenvalue weighted by Crippen LogP contribution is -2.37. The minimum Gasteiger partial charge on any atom is -0.378 e. The first-order chi connectivity index (χ1) is 18.1. The monoisotopic (exact) mass is 507 g/mol. The number of hydrogen-bond acceptors (Lipinski definition) is 6. The van der Waals surface area contributed by atoms with Crippen LogP contribution in [0.1, 0.15) is 0 Å². The van der Waals surface area contributed by atoms with E-state index in [9.17, 15) is 8.42 Å². The van der Waals surface area contributed by atoms with Crippen molar-refractivity contribution in [2.45, 2.75) is 9.79 Å². The standard InChI is InChI=1S/C30H25N3O3S/c34-37(35,24-14-8-3-9-15-24)26-17-16-25-29(30(26)33-18-20-36-21-19-33)32-28(23-12-6-2-7-13-23)27(31-25)22-10-4-1-5-11-22/h1-17H,18-21H2. The fraction of sp³-hybridized carbons (Fsp3) is 0.133. The summed E-state index contributed by atoms with van der Waals surface area (Å²) in [6, 6.07) is 31.8. The van der Waals surface area contributed by atoms with Crippen molar-refractivity contribution < 1.29 is 13.2 Å². The molecule has 1 saturated heterocycles. The van der Waals surface area contributed by atoms with E-state index in [4.69, 9.17) is 14.7 Å². The fourth-order valence-electron chi connectivity index (χ4n) is 4.72. The highest BCUT2D eigenvalue weighted by atomic mass is 32.2. The zero-order valence-corrected chi connectivity index (χ0v) is 20.9. The molecule has 6 nitrogen and oxygen atoms in total. The molecule has 2 heterocycles. The molecule has 1 fully saturated rings. The molecule has 0 saturated carbocycles. The van der Waals surface area contributed by atoms with Gasteiger partial charge < -0.3 is 9.64 Å². The third kappa shape index (κ3) is 4.37. The Morgan fingerprint density at radius 3 is 1.78 bits per heavy atom. The molecule has 1 aromatic heterocycles. The molecule has 0 atom stereocenters. The highest BCUT2D eigenvalue weighted by Crippen LogP contribution is 2.39. The summed E-state index contributed by atoms with van der Waals surface area (Å²) in [6.07, 6.45) is 0. The van der Waals surface area contributed by atoms with E-state index >= 15 is 0 Å². The second-order valence-corrected chi connectivity index (χ2v) is 10.8. The van der Waals surface area contributed by atoms with Gasteiger partial charge in [-0.1, -0.05) is 78.9 Å². The van der Waals surface area contributed by atoms with Gasteiger partial charge in [-0.2, -0.15) is 0 Å². The number of fused-ring (bicyclic) bond motifs is 1. The van der Waals surface area contributed by atoms with Crippen LogP contribution in [0.5, 0.6) is 0 Å². The average Bonchev–Trinajstić information content (AvgIpc) is 2.97. The van der Waals surface area contributed by atoms with E-state index in [0.717, 1.165) is 16.8 Å². The Hall–Kier alpha value is -4.07. The molecule has 5 aromatic rings. The Morgan fingerprint density at radius 1 is 0.649 bits per heavy atom. The molecule has 37 heavy (non-hydrogen) atoms. The van der Waals surface area contributed by atoms with E-state index in [1.54, 1.807) is 36.4 Å². The van der Waals surface area contributed by atoms with Crippen molar-refractivity contribution in [2.75, 3.05) is 31.2 Å². The predicted molar refractivity (Wildman–Crippen MR) is 145 cm³/mol. The maximum atomic E-state index is 13.9. The predicted octanol–water partition coefficient (Wildman–Crippen LogP) is 5.63. The van der Waals surface area contributed by atoms with Crippen molar-refractivity contribution in [1.82, 2.24) is 9.97 Å². The quantitative estimate of drug-likeness (QED) is 0.307. The maximum absolute atomic E-state index is 13.9. The Morgan fingerprint density at radius 2 is 1.19 bits per heavy atom. The molecule has 184 valence electrons. The third-order valence-electron chi connectivity index (χ3n) is 6.54. The first kappa shape index (κ1) is 23.3. The SMILES string of the molecule is O=S(=O)(c1ccccc1)c1ccc2nc(-c3ccccc3)c(-c3ccccc3)nc2c1N1CCOCC1. The van der Waals surface area contributed by atoms with Gasteiger partial charge in [0.15, 0.2) is 0 Å². The summed E-state index contributed by atoms with van der Waals surface area (Å²) < 4.78 is 33.3. The summed E-state index contributed by atoms with van der Waals surface area (Å²) in [7, 11) is -3.80. The van der Waals surface area contributed by atoms with E-state index in [1.165, 1.54) is 0 Å². The fourth-order valence-corrected chi connectivity index (χ4v) is 6.22. The molecule has 0 amide bonds. The molecule has 4 aromatic carbocycles. The van der Waals surface area contributed by atoms with Crippen LogP contribution in [-0.4, -0.2) is 44.7 Å². The zero-order chi connectivity index (χ0) is 25.2. The van der Waals surface area contributed by atoms with Gasteiger partial charge in [0.05, 0.1) is 45.6 Å². The maximum Gasteiger partial charge on any atom is 0.208 e. The normalized spacial score (nSPS) is 14.1. The van der Waals surface area contributed by atoms with Crippen LogP contribution in [0.4, 0.5) is 5.69 Å². The number of anilines is 1. The average molecular weight is 508 g/mol. The van der Waals surface area contributed by atoms with Gasteiger partial charge in [0.2, 0.25) is 9.84 Å². The van der Waals surface area contributed by atoms with Crippen LogP contribution >= 0.6 is 0 Å². The number of morpholine rings is 1. The first-order valence-corrected chi connectivity index (χ1v) is 13.7. The van der Waals surface area contributed by atoms with Crippen LogP contribution in [-0.2, 0) is 14.6 Å². The summed E-state index contributed by atoms with van der Waals surface area (Å²) in [6.45, 7) is 2.17. The molecule has 0 radical (unpaired) electrons. The number of rotatable bonds is 5. The van der Waals surface area contributed by atoms with Gasteiger partial charge in [-0.3, -0.25) is 0 Å². The topological polar surface area (TPSA) is 72.4 Å². The zero-order valence-electron chi connectivity index (χ0n) is 20.1. The molecule has 1 aliphatic heterocycles. The van der Waals surface area contributed by atoms with E-state index in [1.807, 2.05) is 66.7 Å². The van der Waals surface area contributed by atoms with E-state index in [2.05, 4.69) is 4.90 Å². The lowest BCUT2D eigenvalue weighted by Gasteiger charge is -2.31. The van der Waals surface area contributed by atoms with Gasteiger partial charge in [-0.15, -0.1) is 0 Å². The lowest BCUT2D eigenvalue weighted by atomic mass is 10.0. The summed E-state index contributed by atoms with van der Waals surface area (Å²) >= 11 is 0. The third-order valence-corrected chi connectivity index (χ3v) is 8.34. The summed E-state index contributed by atoms with van der Waals surface area (Å²) in [4.78, 5) is 12.8. The molecule has 7 heteroatoms. The van der Waals surface area contributed by atoms with E-state index in [0.29, 0.717) is 48.7 Å². The first-order valence-electron chi connectivity index (χ1n) is 12.2. The minimum absolute atomic E-state index is 0.230. The second kappa shape index (κ2) is 9.76. The number of sulfone groups is 1. The van der Waals surface area contributed by atoms with Gasteiger partial charge in [-0.05, 0) is 24.3 Å². The van der Waals surface area contributed by atoms with Gasteiger partial charge in [0.25, 0.3) is 0 Å².